The maximum absolute atomic E-state index is 16.3. The average Bonchev–Trinajstić information content (AvgIpc) is 3.53. The van der Waals surface area contributed by atoms with Crippen LogP contribution in [0.25, 0.3) is 0 Å². The number of hydrogen-bond acceptors (Lipinski definition) is 7. The fraction of sp³-hybridized carbons (Fsp3) is 0.400. The van der Waals surface area contributed by atoms with Crippen LogP contribution in [-0.4, -0.2) is 83.6 Å². The van der Waals surface area contributed by atoms with Crippen LogP contribution in [0.4, 0.5) is 15.8 Å². The number of phenolic OH excluding ortho intramolecular Hbond substituents is 1. The summed E-state index contributed by atoms with van der Waals surface area (Å²) in [5, 5.41) is 12.6. The number of halogens is 1. The molecule has 4 heterocycles. The number of hydrogen-bond donors (Lipinski definition) is 1. The lowest BCUT2D eigenvalue weighted by Crippen LogP contribution is -2.51. The molecule has 0 unspecified atom stereocenters. The number of anilines is 2. The molecule has 0 spiro atoms. The fourth-order valence-corrected chi connectivity index (χ4v) is 9.80. The van der Waals surface area contributed by atoms with Gasteiger partial charge in [0.2, 0.25) is 11.8 Å². The van der Waals surface area contributed by atoms with E-state index < -0.39 is 0 Å². The number of benzene rings is 4. The van der Waals surface area contributed by atoms with E-state index in [0.717, 1.165) is 110 Å². The van der Waals surface area contributed by atoms with E-state index in [0.29, 0.717) is 17.9 Å². The van der Waals surface area contributed by atoms with Gasteiger partial charge in [-0.1, -0.05) is 42.5 Å². The van der Waals surface area contributed by atoms with E-state index in [2.05, 4.69) is 45.0 Å². The molecule has 0 bridgehead atoms. The first-order chi connectivity index (χ1) is 26.8. The molecule has 3 amide bonds. The van der Waals surface area contributed by atoms with Crippen molar-refractivity contribution in [2.75, 3.05) is 55.6 Å². The second-order valence-corrected chi connectivity index (χ2v) is 16.0. The Bertz CT molecular complexity index is 2090. The van der Waals surface area contributed by atoms with Crippen molar-refractivity contribution in [2.45, 2.75) is 63.3 Å². The minimum Gasteiger partial charge on any atom is -0.508 e. The van der Waals surface area contributed by atoms with Crippen LogP contribution >= 0.6 is 0 Å². The van der Waals surface area contributed by atoms with Crippen molar-refractivity contribution in [3.8, 4) is 5.75 Å². The molecule has 5 aliphatic rings. The van der Waals surface area contributed by atoms with E-state index >= 15 is 4.39 Å². The fourth-order valence-electron chi connectivity index (χ4n) is 9.80. The van der Waals surface area contributed by atoms with Gasteiger partial charge < -0.3 is 14.9 Å². The lowest BCUT2D eigenvalue weighted by molar-refractivity contribution is -0.163. The van der Waals surface area contributed by atoms with Crippen molar-refractivity contribution in [1.29, 1.82) is 0 Å². The average molecular weight is 742 g/mol. The zero-order valence-electron chi connectivity index (χ0n) is 31.2. The van der Waals surface area contributed by atoms with Crippen LogP contribution in [0.3, 0.4) is 0 Å². The molecule has 10 heteroatoms. The summed E-state index contributed by atoms with van der Waals surface area (Å²) in [4.78, 5) is 45.4. The number of piperazine rings is 1. The lowest BCUT2D eigenvalue weighted by atomic mass is 9.69. The highest BCUT2D eigenvalue weighted by Gasteiger charge is 2.40. The molecule has 284 valence electrons. The summed E-state index contributed by atoms with van der Waals surface area (Å²) >= 11 is 0. The van der Waals surface area contributed by atoms with Gasteiger partial charge in [-0.05, 0) is 114 Å². The van der Waals surface area contributed by atoms with E-state index in [4.69, 9.17) is 0 Å². The highest BCUT2D eigenvalue weighted by molar-refractivity contribution is 6.04. The quantitative estimate of drug-likeness (QED) is 0.208. The van der Waals surface area contributed by atoms with Gasteiger partial charge in [-0.15, -0.1) is 0 Å². The normalized spacial score (nSPS) is 22.3. The summed E-state index contributed by atoms with van der Waals surface area (Å²) in [5.74, 6) is -0.162. The van der Waals surface area contributed by atoms with Gasteiger partial charge in [-0.2, -0.15) is 5.01 Å². The Morgan fingerprint density at radius 3 is 2.11 bits per heavy atom. The molecular weight excluding hydrogens is 694 g/mol. The molecule has 0 radical (unpaired) electrons. The summed E-state index contributed by atoms with van der Waals surface area (Å²) in [6.45, 7) is 6.80. The standard InChI is InChI=1S/C45H48FN5O4/c46-41-27-35(11-15-40(41)44-37(31-5-2-1-3-6-31)13-9-32-26-36(52)12-16-38(32)44)48-19-17-30(18-20-48)28-47-21-23-49(24-22-47)34-10-14-39-33(25-34)29-50(45(39)55)51-42(53)7-4-8-43(51)54/h1-3,5-6,10-12,14-16,25-27,30,37,44,52H,4,7-9,13,17-24,28-29H2/t37-,44+/m1/s1. The van der Waals surface area contributed by atoms with E-state index in [-0.39, 0.29) is 60.5 Å². The zero-order chi connectivity index (χ0) is 37.6. The van der Waals surface area contributed by atoms with Crippen LogP contribution in [0.5, 0.6) is 5.75 Å². The van der Waals surface area contributed by atoms with Gasteiger partial charge in [0.05, 0.1) is 6.54 Å². The molecule has 3 fully saturated rings. The highest BCUT2D eigenvalue weighted by Crippen LogP contribution is 2.48. The third-order valence-electron chi connectivity index (χ3n) is 12.7. The Labute approximate surface area is 321 Å². The number of amides is 3. The zero-order valence-corrected chi connectivity index (χ0v) is 31.2. The molecule has 55 heavy (non-hydrogen) atoms. The summed E-state index contributed by atoms with van der Waals surface area (Å²) in [5.41, 5.74) is 7.58. The van der Waals surface area contributed by atoms with Crippen molar-refractivity contribution in [2.24, 2.45) is 5.92 Å². The van der Waals surface area contributed by atoms with E-state index in [1.165, 1.54) is 10.6 Å². The van der Waals surface area contributed by atoms with Gasteiger partial charge >= 0.3 is 0 Å². The van der Waals surface area contributed by atoms with Crippen LogP contribution in [-0.2, 0) is 22.6 Å². The van der Waals surface area contributed by atoms with Crippen molar-refractivity contribution < 1.29 is 23.9 Å². The first-order valence-corrected chi connectivity index (χ1v) is 20.0. The number of imide groups is 1. The number of phenols is 1. The maximum Gasteiger partial charge on any atom is 0.273 e. The number of fused-ring (bicyclic) bond motifs is 2. The maximum atomic E-state index is 16.3. The second-order valence-electron chi connectivity index (χ2n) is 16.0. The number of aromatic hydroxyl groups is 1. The SMILES string of the molecule is O=C1c2ccc(N3CCN(CC4CCN(c5ccc([C@@H]6c7ccc(O)cc7CC[C@@H]6c6ccccc6)c(F)c5)CC4)CC3)cc2CN1N1C(=O)CCCC1=O. The van der Waals surface area contributed by atoms with E-state index in [9.17, 15) is 19.5 Å². The van der Waals surface area contributed by atoms with Gasteiger partial charge in [-0.25, -0.2) is 9.40 Å². The smallest absolute Gasteiger partial charge is 0.273 e. The number of piperidine rings is 2. The predicted molar refractivity (Wildman–Crippen MR) is 209 cm³/mol. The molecule has 4 aliphatic heterocycles. The molecule has 0 saturated carbocycles. The number of hydrazine groups is 1. The molecule has 9 rings (SSSR count). The summed E-state index contributed by atoms with van der Waals surface area (Å²) in [7, 11) is 0. The molecule has 4 aromatic carbocycles. The minimum atomic E-state index is -0.301. The number of carbonyl (C=O) groups is 3. The third-order valence-corrected chi connectivity index (χ3v) is 12.7. The largest absolute Gasteiger partial charge is 0.508 e. The van der Waals surface area contributed by atoms with E-state index in [1.54, 1.807) is 12.1 Å². The topological polar surface area (TPSA) is 87.6 Å². The van der Waals surface area contributed by atoms with Crippen LogP contribution in [0, 0.1) is 11.7 Å². The van der Waals surface area contributed by atoms with Crippen LogP contribution in [0.15, 0.2) is 84.9 Å². The van der Waals surface area contributed by atoms with Crippen molar-refractivity contribution in [3.63, 3.8) is 0 Å². The highest BCUT2D eigenvalue weighted by atomic mass is 19.1. The summed E-state index contributed by atoms with van der Waals surface area (Å²) in [6.07, 6.45) is 5.00. The molecule has 1 aliphatic carbocycles. The molecular formula is C45H48FN5O4. The summed E-state index contributed by atoms with van der Waals surface area (Å²) in [6, 6.07) is 27.7. The second kappa shape index (κ2) is 14.8. The Morgan fingerprint density at radius 2 is 1.36 bits per heavy atom. The van der Waals surface area contributed by atoms with Gasteiger partial charge in [-0.3, -0.25) is 19.3 Å². The van der Waals surface area contributed by atoms with Crippen LogP contribution in [0.1, 0.15) is 88.5 Å². The van der Waals surface area contributed by atoms with Gasteiger partial charge in [0.15, 0.2) is 0 Å². The molecule has 3 saturated heterocycles. The predicted octanol–water partition coefficient (Wildman–Crippen LogP) is 6.84. The van der Waals surface area contributed by atoms with Crippen molar-refractivity contribution >= 4 is 29.1 Å². The molecule has 2 atom stereocenters. The van der Waals surface area contributed by atoms with Gasteiger partial charge in [0, 0.05) is 81.5 Å². The first-order valence-electron chi connectivity index (χ1n) is 20.0. The van der Waals surface area contributed by atoms with Crippen LogP contribution in [0.2, 0.25) is 0 Å². The van der Waals surface area contributed by atoms with Crippen molar-refractivity contribution in [1.82, 2.24) is 14.9 Å². The molecule has 0 aromatic heterocycles. The number of aryl methyl sites for hydroxylation is 1. The Balaban J connectivity index is 0.798. The first kappa shape index (κ1) is 35.5. The number of rotatable bonds is 7. The van der Waals surface area contributed by atoms with Crippen molar-refractivity contribution in [3.05, 3.63) is 124 Å². The van der Waals surface area contributed by atoms with E-state index in [1.807, 2.05) is 42.5 Å². The Hall–Kier alpha value is -5.22. The number of carbonyl (C=O) groups excluding carboxylic acids is 3. The Kier molecular flexibility index (Phi) is 9.54. The summed E-state index contributed by atoms with van der Waals surface area (Å²) < 4.78 is 16.3. The lowest BCUT2D eigenvalue weighted by Gasteiger charge is -2.40. The van der Waals surface area contributed by atoms with Gasteiger partial charge in [0.1, 0.15) is 11.6 Å². The monoisotopic (exact) mass is 741 g/mol. The van der Waals surface area contributed by atoms with Crippen LogP contribution < -0.4 is 9.80 Å². The van der Waals surface area contributed by atoms with Gasteiger partial charge in [0.25, 0.3) is 5.91 Å². The molecule has 4 aromatic rings. The third kappa shape index (κ3) is 6.86. The molecule has 9 nitrogen and oxygen atoms in total. The molecule has 1 N–H and O–H groups in total. The minimum absolute atomic E-state index is 0.118. The Morgan fingerprint density at radius 1 is 0.673 bits per heavy atom. The number of nitrogens with zero attached hydrogens (tertiary/aromatic N) is 5.